The summed E-state index contributed by atoms with van der Waals surface area (Å²) in [4.78, 5) is 0. The highest BCUT2D eigenvalue weighted by Crippen LogP contribution is 2.29. The van der Waals surface area contributed by atoms with Gasteiger partial charge in [0.15, 0.2) is 0 Å². The fraction of sp³-hybridized carbons (Fsp3) is 0.500. The van der Waals surface area contributed by atoms with Crippen LogP contribution < -0.4 is 4.74 Å². The molecule has 0 spiro atoms. The van der Waals surface area contributed by atoms with Crippen LogP contribution in [0.4, 0.5) is 0 Å². The highest BCUT2D eigenvalue weighted by molar-refractivity contribution is 5.43. The predicted molar refractivity (Wildman–Crippen MR) is 74.0 cm³/mol. The molecular weight excluding hydrogens is 224 g/mol. The van der Waals surface area contributed by atoms with Gasteiger partial charge in [-0.05, 0) is 38.0 Å². The zero-order chi connectivity index (χ0) is 13.3. The van der Waals surface area contributed by atoms with Crippen molar-refractivity contribution in [1.29, 1.82) is 0 Å². The average Bonchev–Trinajstić information content (AvgIpc) is 2.56. The van der Waals surface area contributed by atoms with E-state index in [0.29, 0.717) is 6.61 Å². The third-order valence-corrected chi connectivity index (χ3v) is 3.14. The summed E-state index contributed by atoms with van der Waals surface area (Å²) in [6, 6.07) is 4.30. The highest BCUT2D eigenvalue weighted by Gasteiger charge is 2.24. The summed E-state index contributed by atoms with van der Waals surface area (Å²) in [6.07, 6.45) is 2.16. The largest absolute Gasteiger partial charge is 0.494 e. The van der Waals surface area contributed by atoms with Crippen LogP contribution in [0.3, 0.4) is 0 Å². The Morgan fingerprint density at radius 2 is 1.78 bits per heavy atom. The summed E-state index contributed by atoms with van der Waals surface area (Å²) in [6.45, 7) is 11.9. The molecule has 18 heavy (non-hydrogen) atoms. The lowest BCUT2D eigenvalue weighted by Gasteiger charge is -2.13. The van der Waals surface area contributed by atoms with Gasteiger partial charge in [0.05, 0.1) is 6.61 Å². The van der Waals surface area contributed by atoms with Crippen LogP contribution in [0, 0.1) is 26.2 Å². The fourth-order valence-corrected chi connectivity index (χ4v) is 2.42. The van der Waals surface area contributed by atoms with Crippen molar-refractivity contribution >= 4 is 0 Å². The lowest BCUT2D eigenvalue weighted by molar-refractivity contribution is 0.157. The number of ether oxygens (including phenoxy) is 2. The summed E-state index contributed by atoms with van der Waals surface area (Å²) < 4.78 is 11.5. The molecule has 0 fully saturated rings. The second-order valence-corrected chi connectivity index (χ2v) is 5.90. The molecule has 2 nitrogen and oxygen atoms in total. The van der Waals surface area contributed by atoms with Crippen LogP contribution in [0.5, 0.6) is 5.75 Å². The maximum Gasteiger partial charge on any atom is 0.145 e. The Morgan fingerprint density at radius 1 is 1.17 bits per heavy atom. The molecule has 1 aliphatic rings. The van der Waals surface area contributed by atoms with Gasteiger partial charge in [-0.25, -0.2) is 0 Å². The molecule has 2 heteroatoms. The van der Waals surface area contributed by atoms with Crippen LogP contribution in [0.1, 0.15) is 30.5 Å². The Bertz CT molecular complexity index is 461. The number of aryl methyl sites for hydroxylation is 3. The van der Waals surface area contributed by atoms with E-state index in [1.165, 1.54) is 16.7 Å². The van der Waals surface area contributed by atoms with E-state index in [0.717, 1.165) is 18.1 Å². The molecular formula is C16H22O2. The average molecular weight is 246 g/mol. The molecule has 1 aliphatic heterocycles. The first-order valence-electron chi connectivity index (χ1n) is 6.42. The SMILES string of the molecule is Cc1cc(C)c(OCC2=CC(C)(C)CO2)c(C)c1. The number of rotatable bonds is 3. The minimum absolute atomic E-state index is 0.135. The first kappa shape index (κ1) is 13.0. The standard InChI is InChI=1S/C16H22O2/c1-11-6-12(2)15(13(3)7-11)17-9-14-8-16(4,5)10-18-14/h6-8H,9-10H2,1-5H3. The Balaban J connectivity index is 2.08. The van der Waals surface area contributed by atoms with E-state index in [-0.39, 0.29) is 5.41 Å². The normalized spacial score (nSPS) is 17.3. The quantitative estimate of drug-likeness (QED) is 0.804. The zero-order valence-electron chi connectivity index (χ0n) is 12.0. The third-order valence-electron chi connectivity index (χ3n) is 3.14. The lowest BCUT2D eigenvalue weighted by Crippen LogP contribution is -2.08. The van der Waals surface area contributed by atoms with Gasteiger partial charge in [0.1, 0.15) is 18.1 Å². The second-order valence-electron chi connectivity index (χ2n) is 5.90. The van der Waals surface area contributed by atoms with Crippen molar-refractivity contribution in [3.05, 3.63) is 40.7 Å². The van der Waals surface area contributed by atoms with Crippen molar-refractivity contribution in [2.45, 2.75) is 34.6 Å². The van der Waals surface area contributed by atoms with Crippen molar-refractivity contribution in [1.82, 2.24) is 0 Å². The molecule has 0 saturated heterocycles. The molecule has 1 aromatic carbocycles. The Hall–Kier alpha value is -1.44. The summed E-state index contributed by atoms with van der Waals surface area (Å²) in [5.41, 5.74) is 3.78. The fourth-order valence-electron chi connectivity index (χ4n) is 2.42. The van der Waals surface area contributed by atoms with Crippen molar-refractivity contribution in [3.8, 4) is 5.75 Å². The topological polar surface area (TPSA) is 18.5 Å². The summed E-state index contributed by atoms with van der Waals surface area (Å²) in [5, 5.41) is 0. The third kappa shape index (κ3) is 2.87. The van der Waals surface area contributed by atoms with Gasteiger partial charge >= 0.3 is 0 Å². The van der Waals surface area contributed by atoms with E-state index >= 15 is 0 Å². The van der Waals surface area contributed by atoms with E-state index in [9.17, 15) is 0 Å². The molecule has 0 saturated carbocycles. The Kier molecular flexibility index (Phi) is 3.38. The van der Waals surface area contributed by atoms with E-state index < -0.39 is 0 Å². The van der Waals surface area contributed by atoms with Gasteiger partial charge in [0.2, 0.25) is 0 Å². The van der Waals surface area contributed by atoms with E-state index in [1.54, 1.807) is 0 Å². The van der Waals surface area contributed by atoms with Gasteiger partial charge in [-0.2, -0.15) is 0 Å². The van der Waals surface area contributed by atoms with Gasteiger partial charge in [-0.1, -0.05) is 31.5 Å². The number of hydrogen-bond donors (Lipinski definition) is 0. The van der Waals surface area contributed by atoms with Gasteiger partial charge in [0.25, 0.3) is 0 Å². The lowest BCUT2D eigenvalue weighted by atomic mass is 9.96. The smallest absolute Gasteiger partial charge is 0.145 e. The van der Waals surface area contributed by atoms with Crippen molar-refractivity contribution < 1.29 is 9.47 Å². The Morgan fingerprint density at radius 3 is 2.28 bits per heavy atom. The van der Waals surface area contributed by atoms with Gasteiger partial charge in [-0.15, -0.1) is 0 Å². The molecule has 0 atom stereocenters. The van der Waals surface area contributed by atoms with Crippen molar-refractivity contribution in [2.75, 3.05) is 13.2 Å². The number of benzene rings is 1. The minimum atomic E-state index is 0.135. The predicted octanol–water partition coefficient (Wildman–Crippen LogP) is 3.93. The minimum Gasteiger partial charge on any atom is -0.494 e. The molecule has 0 N–H and O–H groups in total. The first-order valence-corrected chi connectivity index (χ1v) is 6.42. The highest BCUT2D eigenvalue weighted by atomic mass is 16.5. The molecule has 0 bridgehead atoms. The second kappa shape index (κ2) is 4.68. The summed E-state index contributed by atoms with van der Waals surface area (Å²) >= 11 is 0. The van der Waals surface area contributed by atoms with Crippen molar-refractivity contribution in [3.63, 3.8) is 0 Å². The Labute approximate surface area is 110 Å². The molecule has 1 heterocycles. The molecule has 0 aromatic heterocycles. The molecule has 98 valence electrons. The molecule has 2 rings (SSSR count). The van der Waals surface area contributed by atoms with Crippen LogP contribution in [0.15, 0.2) is 24.0 Å². The maximum absolute atomic E-state index is 5.91. The molecule has 0 amide bonds. The summed E-state index contributed by atoms with van der Waals surface area (Å²) in [7, 11) is 0. The van der Waals surface area contributed by atoms with Crippen LogP contribution in [-0.2, 0) is 4.74 Å². The van der Waals surface area contributed by atoms with Crippen molar-refractivity contribution in [2.24, 2.45) is 5.41 Å². The molecule has 1 aromatic rings. The van der Waals surface area contributed by atoms with E-state index in [1.807, 2.05) is 0 Å². The van der Waals surface area contributed by atoms with Gasteiger partial charge in [0, 0.05) is 5.41 Å². The van der Waals surface area contributed by atoms with Gasteiger partial charge < -0.3 is 9.47 Å². The van der Waals surface area contributed by atoms with Crippen LogP contribution in [-0.4, -0.2) is 13.2 Å². The monoisotopic (exact) mass is 246 g/mol. The summed E-state index contributed by atoms with van der Waals surface area (Å²) in [5.74, 6) is 1.93. The number of hydrogen-bond acceptors (Lipinski definition) is 2. The van der Waals surface area contributed by atoms with E-state index in [2.05, 4.69) is 52.8 Å². The molecule has 0 radical (unpaired) electrons. The first-order chi connectivity index (χ1) is 8.37. The molecule has 0 aliphatic carbocycles. The van der Waals surface area contributed by atoms with Crippen LogP contribution >= 0.6 is 0 Å². The van der Waals surface area contributed by atoms with Crippen LogP contribution in [0.25, 0.3) is 0 Å². The van der Waals surface area contributed by atoms with Crippen LogP contribution in [0.2, 0.25) is 0 Å². The maximum atomic E-state index is 5.91. The van der Waals surface area contributed by atoms with E-state index in [4.69, 9.17) is 9.47 Å². The van der Waals surface area contributed by atoms with Gasteiger partial charge in [-0.3, -0.25) is 0 Å². The molecule has 0 unspecified atom stereocenters. The zero-order valence-corrected chi connectivity index (χ0v) is 12.0.